The van der Waals surface area contributed by atoms with E-state index in [1.807, 2.05) is 20.8 Å². The number of nitrogens with zero attached hydrogens (tertiary/aromatic N) is 2. The van der Waals surface area contributed by atoms with E-state index >= 15 is 0 Å². The topological polar surface area (TPSA) is 40.6 Å². The second kappa shape index (κ2) is 5.47. The molecule has 0 bridgehead atoms. The highest BCUT2D eigenvalue weighted by atomic mass is 32.2. The molecule has 0 aromatic rings. The Balaban J connectivity index is 2.85. The summed E-state index contributed by atoms with van der Waals surface area (Å²) in [5, 5.41) is 0. The van der Waals surface area contributed by atoms with Crippen LogP contribution in [0.3, 0.4) is 0 Å². The van der Waals surface area contributed by atoms with Crippen molar-refractivity contribution >= 4 is 10.0 Å². The number of hydrogen-bond acceptors (Lipinski definition) is 3. The van der Waals surface area contributed by atoms with Crippen molar-refractivity contribution in [3.8, 4) is 0 Å². The van der Waals surface area contributed by atoms with Gasteiger partial charge in [0.1, 0.15) is 0 Å². The van der Waals surface area contributed by atoms with E-state index in [2.05, 4.69) is 18.7 Å². The van der Waals surface area contributed by atoms with E-state index in [4.69, 9.17) is 0 Å². The molecule has 1 aliphatic heterocycles. The van der Waals surface area contributed by atoms with Crippen LogP contribution in [0.1, 0.15) is 47.5 Å². The van der Waals surface area contributed by atoms with E-state index in [0.29, 0.717) is 18.6 Å². The fraction of sp³-hybridized carbons (Fsp3) is 1.00. The van der Waals surface area contributed by atoms with E-state index in [1.165, 1.54) is 12.7 Å². The Morgan fingerprint density at radius 3 is 2.28 bits per heavy atom. The van der Waals surface area contributed by atoms with Crippen LogP contribution in [0.25, 0.3) is 0 Å². The normalized spacial score (nSPS) is 23.2. The molecule has 0 radical (unpaired) electrons. The molecule has 0 amide bonds. The molecule has 0 unspecified atom stereocenters. The van der Waals surface area contributed by atoms with Crippen molar-refractivity contribution in [1.29, 1.82) is 0 Å². The van der Waals surface area contributed by atoms with Gasteiger partial charge in [0.25, 0.3) is 0 Å². The van der Waals surface area contributed by atoms with Gasteiger partial charge >= 0.3 is 0 Å². The van der Waals surface area contributed by atoms with Gasteiger partial charge < -0.3 is 0 Å². The van der Waals surface area contributed by atoms with Gasteiger partial charge in [0.2, 0.25) is 10.0 Å². The van der Waals surface area contributed by atoms with Gasteiger partial charge in [-0.2, -0.15) is 4.31 Å². The highest BCUT2D eigenvalue weighted by molar-refractivity contribution is 7.88. The summed E-state index contributed by atoms with van der Waals surface area (Å²) in [4.78, 5) is 2.42. The van der Waals surface area contributed by atoms with Crippen molar-refractivity contribution in [3.05, 3.63) is 0 Å². The summed E-state index contributed by atoms with van der Waals surface area (Å²) >= 11 is 0. The summed E-state index contributed by atoms with van der Waals surface area (Å²) in [6, 6.07) is 0.845. The molecule has 1 saturated heterocycles. The van der Waals surface area contributed by atoms with E-state index < -0.39 is 10.0 Å². The first kappa shape index (κ1) is 15.9. The highest BCUT2D eigenvalue weighted by Gasteiger charge is 2.35. The van der Waals surface area contributed by atoms with Crippen molar-refractivity contribution in [1.82, 2.24) is 9.21 Å². The maximum absolute atomic E-state index is 11.9. The Kier molecular flexibility index (Phi) is 4.84. The molecule has 1 heterocycles. The third-order valence-corrected chi connectivity index (χ3v) is 5.11. The summed E-state index contributed by atoms with van der Waals surface area (Å²) < 4.78 is 25.5. The molecular formula is C13H28N2O2S. The Hall–Kier alpha value is -0.130. The van der Waals surface area contributed by atoms with E-state index in [-0.39, 0.29) is 5.54 Å². The zero-order valence-electron chi connectivity index (χ0n) is 12.6. The minimum absolute atomic E-state index is 0.348. The Morgan fingerprint density at radius 1 is 1.33 bits per heavy atom. The van der Waals surface area contributed by atoms with Crippen molar-refractivity contribution in [2.75, 3.05) is 19.3 Å². The number of sulfonamides is 1. The van der Waals surface area contributed by atoms with Gasteiger partial charge in [0.05, 0.1) is 6.26 Å². The monoisotopic (exact) mass is 276 g/mol. The molecule has 1 aliphatic rings. The summed E-state index contributed by atoms with van der Waals surface area (Å²) in [6.45, 7) is 11.9. The van der Waals surface area contributed by atoms with E-state index in [9.17, 15) is 8.42 Å². The summed E-state index contributed by atoms with van der Waals surface area (Å²) in [6.07, 6.45) is 3.58. The van der Waals surface area contributed by atoms with Crippen LogP contribution in [0.5, 0.6) is 0 Å². The fourth-order valence-electron chi connectivity index (χ4n) is 2.83. The highest BCUT2D eigenvalue weighted by Crippen LogP contribution is 2.25. The van der Waals surface area contributed by atoms with Gasteiger partial charge in [0.15, 0.2) is 0 Å². The molecule has 5 heteroatoms. The zero-order chi connectivity index (χ0) is 14.1. The first-order valence-corrected chi connectivity index (χ1v) is 8.62. The first-order valence-electron chi connectivity index (χ1n) is 6.77. The molecule has 0 spiro atoms. The number of rotatable bonds is 4. The van der Waals surface area contributed by atoms with Gasteiger partial charge in [-0.1, -0.05) is 0 Å². The largest absolute Gasteiger partial charge is 0.297 e. The maximum atomic E-state index is 11.9. The van der Waals surface area contributed by atoms with Gasteiger partial charge in [-0.25, -0.2) is 8.42 Å². The quantitative estimate of drug-likeness (QED) is 0.787. The molecule has 0 N–H and O–H groups in total. The van der Waals surface area contributed by atoms with Gasteiger partial charge in [-0.05, 0) is 54.0 Å². The van der Waals surface area contributed by atoms with Crippen molar-refractivity contribution in [3.63, 3.8) is 0 Å². The van der Waals surface area contributed by atoms with Crippen LogP contribution in [0.15, 0.2) is 0 Å². The molecule has 0 aliphatic carbocycles. The summed E-state index contributed by atoms with van der Waals surface area (Å²) in [5.41, 5.74) is -0.348. The Bertz CT molecular complexity index is 371. The van der Waals surface area contributed by atoms with Crippen molar-refractivity contribution in [2.45, 2.75) is 65.1 Å². The fourth-order valence-corrected chi connectivity index (χ4v) is 4.27. The minimum Gasteiger partial charge on any atom is -0.297 e. The van der Waals surface area contributed by atoms with Crippen molar-refractivity contribution < 1.29 is 8.42 Å². The van der Waals surface area contributed by atoms with Crippen LogP contribution < -0.4 is 0 Å². The van der Waals surface area contributed by atoms with Crippen LogP contribution in [-0.2, 0) is 10.0 Å². The van der Waals surface area contributed by atoms with Gasteiger partial charge in [-0.15, -0.1) is 0 Å². The van der Waals surface area contributed by atoms with Crippen LogP contribution in [0, 0.1) is 0 Å². The van der Waals surface area contributed by atoms with Gasteiger partial charge in [0, 0.05) is 24.2 Å². The second-order valence-electron chi connectivity index (χ2n) is 6.59. The standard InChI is InChI=1S/C13H28N2O2S/c1-11(2)14-9-7-8-12(14)10-15(13(3,4)5)18(6,16)17/h11-12H,7-10H2,1-6H3/t12-/m1/s1. The molecule has 18 heavy (non-hydrogen) atoms. The second-order valence-corrected chi connectivity index (χ2v) is 8.50. The SMILES string of the molecule is CC(C)N1CCC[C@@H]1CN(C(C)(C)C)S(C)(=O)=O. The molecule has 108 valence electrons. The predicted molar refractivity (Wildman–Crippen MR) is 76.2 cm³/mol. The van der Waals surface area contributed by atoms with Gasteiger partial charge in [-0.3, -0.25) is 4.90 Å². The lowest BCUT2D eigenvalue weighted by atomic mass is 10.1. The summed E-state index contributed by atoms with van der Waals surface area (Å²) in [7, 11) is -3.15. The zero-order valence-corrected chi connectivity index (χ0v) is 13.4. The number of hydrogen-bond donors (Lipinski definition) is 0. The van der Waals surface area contributed by atoms with Crippen LogP contribution in [-0.4, -0.2) is 54.6 Å². The lowest BCUT2D eigenvalue weighted by Crippen LogP contribution is -2.51. The third-order valence-electron chi connectivity index (χ3n) is 3.61. The van der Waals surface area contributed by atoms with Crippen LogP contribution in [0.4, 0.5) is 0 Å². The average Bonchev–Trinajstić information content (AvgIpc) is 2.57. The molecule has 1 fully saturated rings. The van der Waals surface area contributed by atoms with E-state index in [0.717, 1.165) is 13.0 Å². The average molecular weight is 276 g/mol. The maximum Gasteiger partial charge on any atom is 0.211 e. The molecule has 0 saturated carbocycles. The third kappa shape index (κ3) is 3.93. The molecule has 0 aromatic carbocycles. The first-order chi connectivity index (χ1) is 8.03. The van der Waals surface area contributed by atoms with Crippen LogP contribution >= 0.6 is 0 Å². The lowest BCUT2D eigenvalue weighted by Gasteiger charge is -2.38. The Morgan fingerprint density at radius 2 is 1.89 bits per heavy atom. The predicted octanol–water partition coefficient (Wildman–Crippen LogP) is 1.92. The molecule has 1 atom stereocenters. The number of likely N-dealkylation sites (tertiary alicyclic amines) is 1. The molecule has 0 aromatic heterocycles. The molecular weight excluding hydrogens is 248 g/mol. The van der Waals surface area contributed by atoms with E-state index in [1.54, 1.807) is 4.31 Å². The minimum atomic E-state index is -3.15. The van der Waals surface area contributed by atoms with Crippen molar-refractivity contribution in [2.24, 2.45) is 0 Å². The molecule has 1 rings (SSSR count). The Labute approximate surface area is 112 Å². The lowest BCUT2D eigenvalue weighted by molar-refractivity contribution is 0.146. The summed E-state index contributed by atoms with van der Waals surface area (Å²) in [5.74, 6) is 0. The smallest absolute Gasteiger partial charge is 0.211 e. The van der Waals surface area contributed by atoms with Crippen LogP contribution in [0.2, 0.25) is 0 Å². The molecule has 4 nitrogen and oxygen atoms in total.